The van der Waals surface area contributed by atoms with Crippen LogP contribution in [0, 0.1) is 0 Å². The van der Waals surface area contributed by atoms with Crippen LogP contribution in [0.4, 0.5) is 5.69 Å². The fraction of sp³-hybridized carbons (Fsp3) is 0.600. The minimum Gasteiger partial charge on any atom is -0.370 e. The molecule has 0 aliphatic carbocycles. The van der Waals surface area contributed by atoms with Gasteiger partial charge in [-0.25, -0.2) is 8.42 Å². The van der Waals surface area contributed by atoms with Gasteiger partial charge in [-0.3, -0.25) is 0 Å². The lowest BCUT2D eigenvalue weighted by Gasteiger charge is -2.24. The van der Waals surface area contributed by atoms with Crippen LogP contribution >= 0.6 is 0 Å². The number of nitrogens with two attached hydrogens (primary N) is 1. The Bertz CT molecular complexity index is 483. The van der Waals surface area contributed by atoms with E-state index in [-0.39, 0.29) is 5.75 Å². The number of anilines is 1. The second-order valence-electron chi connectivity index (χ2n) is 4.94. The number of sulfone groups is 1. The van der Waals surface area contributed by atoms with Crippen molar-refractivity contribution in [2.75, 3.05) is 30.3 Å². The van der Waals surface area contributed by atoms with E-state index >= 15 is 0 Å². The van der Waals surface area contributed by atoms with Crippen molar-refractivity contribution in [3.05, 3.63) is 24.3 Å². The number of unbranched alkanes of at least 4 members (excludes halogenated alkanes) is 1. The second-order valence-corrected chi connectivity index (χ2v) is 7.05. The van der Waals surface area contributed by atoms with Crippen LogP contribution in [0.1, 0.15) is 33.1 Å². The smallest absolute Gasteiger partial charge is 0.178 e. The van der Waals surface area contributed by atoms with E-state index in [4.69, 9.17) is 5.73 Å². The van der Waals surface area contributed by atoms with Crippen molar-refractivity contribution >= 4 is 15.5 Å². The summed E-state index contributed by atoms with van der Waals surface area (Å²) in [5, 5.41) is 0. The first-order valence-corrected chi connectivity index (χ1v) is 8.98. The fourth-order valence-electron chi connectivity index (χ4n) is 2.13. The maximum Gasteiger partial charge on any atom is 0.178 e. The van der Waals surface area contributed by atoms with Crippen LogP contribution in [-0.2, 0) is 9.84 Å². The second kappa shape index (κ2) is 8.27. The molecule has 2 N–H and O–H groups in total. The van der Waals surface area contributed by atoms with E-state index in [9.17, 15) is 8.42 Å². The van der Waals surface area contributed by atoms with Crippen molar-refractivity contribution in [3.8, 4) is 0 Å². The molecule has 0 spiro atoms. The van der Waals surface area contributed by atoms with Crippen LogP contribution in [0.15, 0.2) is 29.2 Å². The van der Waals surface area contributed by atoms with Crippen molar-refractivity contribution in [2.24, 2.45) is 5.73 Å². The Morgan fingerprint density at radius 1 is 1.05 bits per heavy atom. The Kier molecular flexibility index (Phi) is 7.02. The van der Waals surface area contributed by atoms with E-state index in [2.05, 4.69) is 11.8 Å². The maximum absolute atomic E-state index is 12.0. The molecular formula is C15H26N2O2S. The van der Waals surface area contributed by atoms with Crippen LogP contribution in [-0.4, -0.2) is 33.8 Å². The third kappa shape index (κ3) is 4.80. The molecule has 0 fully saturated rings. The van der Waals surface area contributed by atoms with Crippen LogP contribution in [0.3, 0.4) is 0 Å². The predicted octanol–water partition coefficient (Wildman–Crippen LogP) is 2.44. The number of hydrogen-bond donors (Lipinski definition) is 1. The summed E-state index contributed by atoms with van der Waals surface area (Å²) < 4.78 is 24.0. The largest absolute Gasteiger partial charge is 0.370 e. The SMILES string of the molecule is CCCCN(CCN)c1ccc(S(=O)(=O)CCC)cc1. The summed E-state index contributed by atoms with van der Waals surface area (Å²) in [7, 11) is -3.13. The first-order chi connectivity index (χ1) is 9.55. The van der Waals surface area contributed by atoms with Crippen molar-refractivity contribution in [2.45, 2.75) is 38.0 Å². The van der Waals surface area contributed by atoms with E-state index in [1.54, 1.807) is 12.1 Å². The van der Waals surface area contributed by atoms with Gasteiger partial charge in [0, 0.05) is 25.3 Å². The molecule has 1 aromatic rings. The van der Waals surface area contributed by atoms with E-state index in [1.165, 1.54) is 0 Å². The van der Waals surface area contributed by atoms with E-state index < -0.39 is 9.84 Å². The number of benzene rings is 1. The van der Waals surface area contributed by atoms with Gasteiger partial charge in [0.05, 0.1) is 10.6 Å². The van der Waals surface area contributed by atoms with E-state index in [1.807, 2.05) is 19.1 Å². The Labute approximate surface area is 122 Å². The molecule has 0 aliphatic heterocycles. The molecular weight excluding hydrogens is 272 g/mol. The molecule has 0 aliphatic rings. The van der Waals surface area contributed by atoms with Gasteiger partial charge in [0.1, 0.15) is 0 Å². The number of hydrogen-bond acceptors (Lipinski definition) is 4. The van der Waals surface area contributed by atoms with Gasteiger partial charge in [-0.15, -0.1) is 0 Å². The first kappa shape index (κ1) is 17.0. The standard InChI is InChI=1S/C15H26N2O2S/c1-3-5-11-17(12-10-16)14-6-8-15(9-7-14)20(18,19)13-4-2/h6-9H,3-5,10-13,16H2,1-2H3. The molecule has 0 unspecified atom stereocenters. The summed E-state index contributed by atoms with van der Waals surface area (Å²) in [6.45, 7) is 6.37. The van der Waals surface area contributed by atoms with Gasteiger partial charge in [-0.1, -0.05) is 20.3 Å². The summed E-state index contributed by atoms with van der Waals surface area (Å²) in [4.78, 5) is 2.62. The molecule has 0 amide bonds. The molecule has 0 radical (unpaired) electrons. The minimum atomic E-state index is -3.13. The summed E-state index contributed by atoms with van der Waals surface area (Å²) in [5.41, 5.74) is 6.68. The number of nitrogens with zero attached hydrogens (tertiary/aromatic N) is 1. The summed E-state index contributed by atoms with van der Waals surface area (Å²) in [6.07, 6.45) is 2.87. The Balaban J connectivity index is 2.87. The van der Waals surface area contributed by atoms with Gasteiger partial charge in [0.25, 0.3) is 0 Å². The highest BCUT2D eigenvalue weighted by atomic mass is 32.2. The highest BCUT2D eigenvalue weighted by molar-refractivity contribution is 7.91. The minimum absolute atomic E-state index is 0.203. The lowest BCUT2D eigenvalue weighted by molar-refractivity contribution is 0.594. The van der Waals surface area contributed by atoms with Gasteiger partial charge < -0.3 is 10.6 Å². The zero-order valence-electron chi connectivity index (χ0n) is 12.5. The van der Waals surface area contributed by atoms with Crippen molar-refractivity contribution in [1.29, 1.82) is 0 Å². The molecule has 4 nitrogen and oxygen atoms in total. The maximum atomic E-state index is 12.0. The summed E-state index contributed by atoms with van der Waals surface area (Å²) in [6, 6.07) is 7.17. The third-order valence-electron chi connectivity index (χ3n) is 3.21. The monoisotopic (exact) mass is 298 g/mol. The number of rotatable bonds is 9. The lowest BCUT2D eigenvalue weighted by atomic mass is 10.2. The molecule has 0 heterocycles. The molecule has 0 atom stereocenters. The van der Waals surface area contributed by atoms with Crippen LogP contribution < -0.4 is 10.6 Å². The van der Waals surface area contributed by atoms with E-state index in [0.29, 0.717) is 17.9 Å². The predicted molar refractivity (Wildman–Crippen MR) is 85.0 cm³/mol. The summed E-state index contributed by atoms with van der Waals surface area (Å²) in [5.74, 6) is 0.203. The quantitative estimate of drug-likeness (QED) is 0.760. The van der Waals surface area contributed by atoms with Crippen LogP contribution in [0.2, 0.25) is 0 Å². The van der Waals surface area contributed by atoms with Crippen LogP contribution in [0.5, 0.6) is 0 Å². The lowest BCUT2D eigenvalue weighted by Crippen LogP contribution is -2.30. The van der Waals surface area contributed by atoms with Gasteiger partial charge in [-0.2, -0.15) is 0 Å². The first-order valence-electron chi connectivity index (χ1n) is 7.33. The van der Waals surface area contributed by atoms with Gasteiger partial charge in [0.15, 0.2) is 9.84 Å². The zero-order chi connectivity index (χ0) is 15.0. The Morgan fingerprint density at radius 2 is 1.70 bits per heavy atom. The van der Waals surface area contributed by atoms with Crippen molar-refractivity contribution in [1.82, 2.24) is 0 Å². The molecule has 114 valence electrons. The summed E-state index contributed by atoms with van der Waals surface area (Å²) >= 11 is 0. The topological polar surface area (TPSA) is 63.4 Å². The fourth-order valence-corrected chi connectivity index (χ4v) is 3.45. The van der Waals surface area contributed by atoms with Crippen molar-refractivity contribution in [3.63, 3.8) is 0 Å². The average Bonchev–Trinajstić information content (AvgIpc) is 2.43. The average molecular weight is 298 g/mol. The highest BCUT2D eigenvalue weighted by Crippen LogP contribution is 2.19. The molecule has 20 heavy (non-hydrogen) atoms. The third-order valence-corrected chi connectivity index (χ3v) is 5.15. The molecule has 1 rings (SSSR count). The molecule has 1 aromatic carbocycles. The highest BCUT2D eigenvalue weighted by Gasteiger charge is 2.13. The Hall–Kier alpha value is -1.07. The Morgan fingerprint density at radius 3 is 2.20 bits per heavy atom. The molecule has 0 saturated carbocycles. The normalized spacial score (nSPS) is 11.6. The van der Waals surface area contributed by atoms with E-state index in [0.717, 1.165) is 31.6 Å². The molecule has 5 heteroatoms. The van der Waals surface area contributed by atoms with Gasteiger partial charge in [0.2, 0.25) is 0 Å². The molecule has 0 aromatic heterocycles. The van der Waals surface area contributed by atoms with Crippen LogP contribution in [0.25, 0.3) is 0 Å². The van der Waals surface area contributed by atoms with Crippen molar-refractivity contribution < 1.29 is 8.42 Å². The molecule has 0 bridgehead atoms. The van der Waals surface area contributed by atoms with Gasteiger partial charge in [-0.05, 0) is 37.1 Å². The van der Waals surface area contributed by atoms with Gasteiger partial charge >= 0.3 is 0 Å². The molecule has 0 saturated heterocycles. The zero-order valence-corrected chi connectivity index (χ0v) is 13.3.